The summed E-state index contributed by atoms with van der Waals surface area (Å²) < 4.78 is 0. The first-order chi connectivity index (χ1) is 8.20. The van der Waals surface area contributed by atoms with Crippen molar-refractivity contribution in [1.82, 2.24) is 15.1 Å². The molecule has 0 aromatic heterocycles. The van der Waals surface area contributed by atoms with Crippen molar-refractivity contribution in [2.75, 3.05) is 33.2 Å². The maximum absolute atomic E-state index is 11.9. The summed E-state index contributed by atoms with van der Waals surface area (Å²) in [5.41, 5.74) is 0. The van der Waals surface area contributed by atoms with Crippen molar-refractivity contribution in [3.05, 3.63) is 0 Å². The normalized spacial score (nSPS) is 28.0. The van der Waals surface area contributed by atoms with E-state index in [1.807, 2.05) is 0 Å². The Morgan fingerprint density at radius 3 is 2.71 bits per heavy atom. The van der Waals surface area contributed by atoms with Crippen LogP contribution in [0.15, 0.2) is 0 Å². The third-order valence-corrected chi connectivity index (χ3v) is 4.04. The summed E-state index contributed by atoms with van der Waals surface area (Å²) in [6.07, 6.45) is 4.98. The Hall–Kier alpha value is -0.610. The molecule has 0 radical (unpaired) electrons. The molecule has 4 nitrogen and oxygen atoms in total. The minimum atomic E-state index is 0.294. The van der Waals surface area contributed by atoms with Gasteiger partial charge in [-0.05, 0) is 45.3 Å². The van der Waals surface area contributed by atoms with E-state index in [0.29, 0.717) is 24.5 Å². The van der Waals surface area contributed by atoms with Crippen LogP contribution in [0.25, 0.3) is 0 Å². The molecule has 0 aliphatic carbocycles. The van der Waals surface area contributed by atoms with Gasteiger partial charge in [-0.25, -0.2) is 0 Å². The lowest BCUT2D eigenvalue weighted by molar-refractivity contribution is -0.128. The fourth-order valence-electron chi connectivity index (χ4n) is 2.87. The van der Waals surface area contributed by atoms with Crippen molar-refractivity contribution in [3.8, 4) is 0 Å². The van der Waals surface area contributed by atoms with Crippen molar-refractivity contribution in [3.63, 3.8) is 0 Å². The van der Waals surface area contributed by atoms with E-state index >= 15 is 0 Å². The Morgan fingerprint density at radius 2 is 2.06 bits per heavy atom. The van der Waals surface area contributed by atoms with Crippen LogP contribution < -0.4 is 5.32 Å². The minimum Gasteiger partial charge on any atom is -0.326 e. The number of rotatable bonds is 4. The van der Waals surface area contributed by atoms with Gasteiger partial charge in [0.1, 0.15) is 0 Å². The van der Waals surface area contributed by atoms with E-state index < -0.39 is 0 Å². The molecular weight excluding hydrogens is 214 g/mol. The lowest BCUT2D eigenvalue weighted by atomic mass is 9.96. The molecule has 1 atom stereocenters. The molecule has 2 aliphatic rings. The first-order valence-electron chi connectivity index (χ1n) is 6.92. The van der Waals surface area contributed by atoms with Crippen molar-refractivity contribution < 1.29 is 4.79 Å². The van der Waals surface area contributed by atoms with Crippen LogP contribution in [0.3, 0.4) is 0 Å². The molecule has 98 valence electrons. The number of carbonyl (C=O) groups excluding carboxylic acids is 1. The van der Waals surface area contributed by atoms with Crippen LogP contribution in [0, 0.1) is 5.92 Å². The molecule has 1 unspecified atom stereocenters. The molecule has 0 aromatic rings. The van der Waals surface area contributed by atoms with E-state index in [-0.39, 0.29) is 0 Å². The van der Waals surface area contributed by atoms with Gasteiger partial charge in [-0.3, -0.25) is 10.1 Å². The lowest BCUT2D eigenvalue weighted by Gasteiger charge is -2.33. The van der Waals surface area contributed by atoms with Gasteiger partial charge in [0.25, 0.3) is 0 Å². The Morgan fingerprint density at radius 1 is 1.35 bits per heavy atom. The minimum absolute atomic E-state index is 0.294. The van der Waals surface area contributed by atoms with Crippen LogP contribution in [0.4, 0.5) is 0 Å². The number of hydrogen-bond acceptors (Lipinski definition) is 3. The first kappa shape index (κ1) is 12.8. The zero-order chi connectivity index (χ0) is 12.3. The van der Waals surface area contributed by atoms with E-state index in [0.717, 1.165) is 19.4 Å². The molecule has 2 saturated heterocycles. The van der Waals surface area contributed by atoms with E-state index in [4.69, 9.17) is 0 Å². The van der Waals surface area contributed by atoms with Crippen molar-refractivity contribution in [2.24, 2.45) is 5.92 Å². The van der Waals surface area contributed by atoms with E-state index in [9.17, 15) is 4.79 Å². The molecule has 2 fully saturated rings. The van der Waals surface area contributed by atoms with Gasteiger partial charge in [-0.1, -0.05) is 13.3 Å². The molecule has 0 bridgehead atoms. The molecule has 0 spiro atoms. The fourth-order valence-corrected chi connectivity index (χ4v) is 2.87. The molecule has 4 heteroatoms. The molecule has 1 N–H and O–H groups in total. The number of nitrogens with zero attached hydrogens (tertiary/aromatic N) is 2. The third kappa shape index (κ3) is 3.19. The standard InChI is InChI=1S/C13H25N3O/c1-3-4-12-14-9-13(17)16(12)10-11-5-7-15(2)8-6-11/h11-12,14H,3-10H2,1-2H3. The summed E-state index contributed by atoms with van der Waals surface area (Å²) >= 11 is 0. The molecule has 17 heavy (non-hydrogen) atoms. The Balaban J connectivity index is 1.85. The predicted octanol–water partition coefficient (Wildman–Crippen LogP) is 0.886. The van der Waals surface area contributed by atoms with E-state index in [1.54, 1.807) is 0 Å². The van der Waals surface area contributed by atoms with Gasteiger partial charge in [-0.2, -0.15) is 0 Å². The molecule has 2 rings (SSSR count). The summed E-state index contributed by atoms with van der Waals surface area (Å²) in [6, 6.07) is 0. The van der Waals surface area contributed by atoms with Gasteiger partial charge < -0.3 is 9.80 Å². The molecule has 1 amide bonds. The third-order valence-electron chi connectivity index (χ3n) is 4.04. The first-order valence-corrected chi connectivity index (χ1v) is 6.92. The molecule has 2 heterocycles. The van der Waals surface area contributed by atoms with Gasteiger partial charge in [0, 0.05) is 6.54 Å². The van der Waals surface area contributed by atoms with Gasteiger partial charge >= 0.3 is 0 Å². The van der Waals surface area contributed by atoms with E-state index in [2.05, 4.69) is 29.1 Å². The fraction of sp³-hybridized carbons (Fsp3) is 0.923. The second kappa shape index (κ2) is 5.83. The van der Waals surface area contributed by atoms with Crippen LogP contribution >= 0.6 is 0 Å². The number of nitrogens with one attached hydrogen (secondary N) is 1. The van der Waals surface area contributed by atoms with Crippen LogP contribution in [0.1, 0.15) is 32.6 Å². The number of amides is 1. The Kier molecular flexibility index (Phi) is 4.40. The average Bonchev–Trinajstić information content (AvgIpc) is 2.65. The molecule has 0 aromatic carbocycles. The number of piperidine rings is 1. The summed E-state index contributed by atoms with van der Waals surface area (Å²) in [5, 5.41) is 3.32. The van der Waals surface area contributed by atoms with Gasteiger partial charge in [0.15, 0.2) is 0 Å². The smallest absolute Gasteiger partial charge is 0.237 e. The highest BCUT2D eigenvalue weighted by Gasteiger charge is 2.31. The largest absolute Gasteiger partial charge is 0.326 e. The highest BCUT2D eigenvalue weighted by atomic mass is 16.2. The second-order valence-corrected chi connectivity index (χ2v) is 5.48. The highest BCUT2D eigenvalue weighted by Crippen LogP contribution is 2.20. The number of carbonyl (C=O) groups is 1. The Bertz CT molecular complexity index is 261. The Labute approximate surface area is 104 Å². The summed E-state index contributed by atoms with van der Waals surface area (Å²) in [7, 11) is 2.18. The van der Waals surface area contributed by atoms with Gasteiger partial charge in [0.2, 0.25) is 5.91 Å². The zero-order valence-electron chi connectivity index (χ0n) is 11.1. The molecule has 2 aliphatic heterocycles. The quantitative estimate of drug-likeness (QED) is 0.791. The highest BCUT2D eigenvalue weighted by molar-refractivity contribution is 5.80. The average molecular weight is 239 g/mol. The van der Waals surface area contributed by atoms with Crippen molar-refractivity contribution in [1.29, 1.82) is 0 Å². The van der Waals surface area contributed by atoms with Crippen LogP contribution in [0.2, 0.25) is 0 Å². The van der Waals surface area contributed by atoms with Crippen LogP contribution in [-0.2, 0) is 4.79 Å². The summed E-state index contributed by atoms with van der Waals surface area (Å²) in [6.45, 7) is 6.04. The van der Waals surface area contributed by atoms with E-state index in [1.165, 1.54) is 25.9 Å². The van der Waals surface area contributed by atoms with Gasteiger partial charge in [0.05, 0.1) is 12.7 Å². The van der Waals surface area contributed by atoms with Gasteiger partial charge in [-0.15, -0.1) is 0 Å². The monoisotopic (exact) mass is 239 g/mol. The second-order valence-electron chi connectivity index (χ2n) is 5.48. The SMILES string of the molecule is CCCC1NCC(=O)N1CC1CCN(C)CC1. The maximum Gasteiger partial charge on any atom is 0.237 e. The number of hydrogen-bond donors (Lipinski definition) is 1. The topological polar surface area (TPSA) is 35.6 Å². The molecule has 0 saturated carbocycles. The number of likely N-dealkylation sites (tertiary alicyclic amines) is 1. The van der Waals surface area contributed by atoms with Crippen LogP contribution in [0.5, 0.6) is 0 Å². The van der Waals surface area contributed by atoms with Crippen molar-refractivity contribution in [2.45, 2.75) is 38.8 Å². The van der Waals surface area contributed by atoms with Crippen molar-refractivity contribution >= 4 is 5.91 Å². The molecular formula is C13H25N3O. The van der Waals surface area contributed by atoms with Crippen LogP contribution in [-0.4, -0.2) is 55.1 Å². The lowest BCUT2D eigenvalue weighted by Crippen LogP contribution is -2.43. The summed E-state index contributed by atoms with van der Waals surface area (Å²) in [4.78, 5) is 16.3. The predicted molar refractivity (Wildman–Crippen MR) is 68.6 cm³/mol. The maximum atomic E-state index is 11.9. The summed E-state index contributed by atoms with van der Waals surface area (Å²) in [5.74, 6) is 0.997. The zero-order valence-corrected chi connectivity index (χ0v) is 11.1.